The Kier molecular flexibility index (Phi) is 5.44. The van der Waals surface area contributed by atoms with Crippen LogP contribution in [0.5, 0.6) is 5.75 Å². The number of nitrogens with one attached hydrogen (secondary N) is 2. The van der Waals surface area contributed by atoms with Gasteiger partial charge in [0.1, 0.15) is 17.8 Å². The average Bonchev–Trinajstić information content (AvgIpc) is 2.93. The van der Waals surface area contributed by atoms with Gasteiger partial charge < -0.3 is 20.5 Å². The molecular weight excluding hydrogens is 324 g/mol. The number of carbonyl (C=O) groups excluding carboxylic acids is 2. The average molecular weight is 341 g/mol. The predicted molar refractivity (Wildman–Crippen MR) is 82.4 cm³/mol. The summed E-state index contributed by atoms with van der Waals surface area (Å²) in [5.74, 6) is -1.38. The Morgan fingerprint density at radius 3 is 2.78 bits per heavy atom. The molecule has 1 aliphatic heterocycles. The highest BCUT2D eigenvalue weighted by Crippen LogP contribution is 2.25. The van der Waals surface area contributed by atoms with Crippen molar-refractivity contribution < 1.29 is 24.2 Å². The van der Waals surface area contributed by atoms with E-state index in [-0.39, 0.29) is 18.7 Å². The van der Waals surface area contributed by atoms with Gasteiger partial charge in [0.25, 0.3) is 0 Å². The van der Waals surface area contributed by atoms with Crippen molar-refractivity contribution >= 4 is 29.4 Å². The van der Waals surface area contributed by atoms with Gasteiger partial charge in [0, 0.05) is 12.8 Å². The molecule has 7 nitrogen and oxygen atoms in total. The lowest BCUT2D eigenvalue weighted by Crippen LogP contribution is -2.49. The Morgan fingerprint density at radius 1 is 1.52 bits per heavy atom. The third-order valence-corrected chi connectivity index (χ3v) is 3.88. The van der Waals surface area contributed by atoms with Crippen molar-refractivity contribution in [1.82, 2.24) is 10.6 Å². The molecule has 0 aliphatic carbocycles. The highest BCUT2D eigenvalue weighted by molar-refractivity contribution is 6.32. The summed E-state index contributed by atoms with van der Waals surface area (Å²) >= 11 is 6.01. The third-order valence-electron chi connectivity index (χ3n) is 3.58. The standard InChI is InChI=1S/C15H17ClN2O5/c1-23-12-4-2-8(6-9(12)16)7-11(15(21)22)18-14(20)10-3-5-13(19)17-10/h2,4,6,10-11H,3,5,7H2,1H3,(H,17,19)(H,18,20)(H,21,22)/t10-,11+/m1/s1. The Morgan fingerprint density at radius 2 is 2.26 bits per heavy atom. The number of methoxy groups -OCH3 is 1. The molecular formula is C15H17ClN2O5. The van der Waals surface area contributed by atoms with E-state index in [1.165, 1.54) is 7.11 Å². The Bertz CT molecular complexity index is 634. The predicted octanol–water partition coefficient (Wildman–Crippen LogP) is 0.739. The first kappa shape index (κ1) is 17.1. The Labute approximate surface area is 138 Å². The minimum Gasteiger partial charge on any atom is -0.495 e. The van der Waals surface area contributed by atoms with E-state index in [0.29, 0.717) is 22.8 Å². The molecule has 0 aromatic heterocycles. The number of ether oxygens (including phenoxy) is 1. The van der Waals surface area contributed by atoms with Crippen molar-refractivity contribution in [2.24, 2.45) is 0 Å². The van der Waals surface area contributed by atoms with Crippen molar-refractivity contribution in [3.63, 3.8) is 0 Å². The number of hydrogen-bond donors (Lipinski definition) is 3. The molecule has 1 aromatic carbocycles. The zero-order valence-corrected chi connectivity index (χ0v) is 13.2. The second-order valence-corrected chi connectivity index (χ2v) is 5.64. The number of carboxylic acid groups (broad SMARTS) is 1. The quantitative estimate of drug-likeness (QED) is 0.708. The molecule has 0 radical (unpaired) electrons. The van der Waals surface area contributed by atoms with Crippen LogP contribution in [0.15, 0.2) is 18.2 Å². The molecule has 0 bridgehead atoms. The number of carboxylic acids is 1. The summed E-state index contributed by atoms with van der Waals surface area (Å²) in [6.07, 6.45) is 0.709. The summed E-state index contributed by atoms with van der Waals surface area (Å²) < 4.78 is 5.04. The van der Waals surface area contributed by atoms with Crippen LogP contribution in [-0.4, -0.2) is 42.1 Å². The smallest absolute Gasteiger partial charge is 0.326 e. The van der Waals surface area contributed by atoms with E-state index >= 15 is 0 Å². The molecule has 1 aliphatic rings. The van der Waals surface area contributed by atoms with Crippen LogP contribution in [0.4, 0.5) is 0 Å². The van der Waals surface area contributed by atoms with E-state index in [9.17, 15) is 19.5 Å². The van der Waals surface area contributed by atoms with Crippen LogP contribution in [0.2, 0.25) is 5.02 Å². The minimum absolute atomic E-state index is 0.0749. The van der Waals surface area contributed by atoms with Crippen LogP contribution in [-0.2, 0) is 20.8 Å². The lowest BCUT2D eigenvalue weighted by molar-refractivity contribution is -0.142. The maximum Gasteiger partial charge on any atom is 0.326 e. The maximum atomic E-state index is 12.0. The van der Waals surface area contributed by atoms with Crippen molar-refractivity contribution in [3.8, 4) is 5.75 Å². The molecule has 1 aromatic rings. The second-order valence-electron chi connectivity index (χ2n) is 5.23. The first-order valence-corrected chi connectivity index (χ1v) is 7.43. The van der Waals surface area contributed by atoms with Crippen LogP contribution < -0.4 is 15.4 Å². The summed E-state index contributed by atoms with van der Waals surface area (Å²) in [6.45, 7) is 0. The molecule has 1 saturated heterocycles. The van der Waals surface area contributed by atoms with Crippen molar-refractivity contribution in [1.29, 1.82) is 0 Å². The van der Waals surface area contributed by atoms with Gasteiger partial charge in [-0.25, -0.2) is 4.79 Å². The van der Waals surface area contributed by atoms with Gasteiger partial charge in [-0.2, -0.15) is 0 Å². The number of carbonyl (C=O) groups is 3. The Balaban J connectivity index is 2.04. The van der Waals surface area contributed by atoms with Gasteiger partial charge >= 0.3 is 5.97 Å². The molecule has 0 spiro atoms. The van der Waals surface area contributed by atoms with Gasteiger partial charge in [-0.05, 0) is 24.1 Å². The fraction of sp³-hybridized carbons (Fsp3) is 0.400. The van der Waals surface area contributed by atoms with Crippen LogP contribution in [0.1, 0.15) is 18.4 Å². The molecule has 23 heavy (non-hydrogen) atoms. The summed E-state index contributed by atoms with van der Waals surface area (Å²) in [7, 11) is 1.48. The van der Waals surface area contributed by atoms with Gasteiger partial charge in [-0.15, -0.1) is 0 Å². The highest BCUT2D eigenvalue weighted by Gasteiger charge is 2.30. The molecule has 124 valence electrons. The van der Waals surface area contributed by atoms with Gasteiger partial charge in [0.2, 0.25) is 11.8 Å². The van der Waals surface area contributed by atoms with E-state index < -0.39 is 24.0 Å². The molecule has 1 heterocycles. The summed E-state index contributed by atoms with van der Waals surface area (Å²) in [4.78, 5) is 34.5. The zero-order valence-electron chi connectivity index (χ0n) is 12.5. The van der Waals surface area contributed by atoms with Gasteiger partial charge in [-0.1, -0.05) is 17.7 Å². The molecule has 8 heteroatoms. The molecule has 2 amide bonds. The van der Waals surface area contributed by atoms with E-state index in [1.54, 1.807) is 18.2 Å². The lowest BCUT2D eigenvalue weighted by Gasteiger charge is -2.18. The Hall–Kier alpha value is -2.28. The minimum atomic E-state index is -1.16. The number of aliphatic carboxylic acids is 1. The van der Waals surface area contributed by atoms with E-state index in [0.717, 1.165) is 0 Å². The van der Waals surface area contributed by atoms with Gasteiger partial charge in [0.15, 0.2) is 0 Å². The van der Waals surface area contributed by atoms with Gasteiger partial charge in [0.05, 0.1) is 12.1 Å². The first-order valence-electron chi connectivity index (χ1n) is 7.05. The fourth-order valence-electron chi connectivity index (χ4n) is 2.36. The molecule has 2 atom stereocenters. The third kappa shape index (κ3) is 4.35. The SMILES string of the molecule is COc1ccc(C[C@H](NC(=O)[C@H]2CCC(=O)N2)C(=O)O)cc1Cl. The van der Waals surface area contributed by atoms with Crippen LogP contribution in [0.3, 0.4) is 0 Å². The molecule has 0 saturated carbocycles. The zero-order chi connectivity index (χ0) is 17.0. The fourth-order valence-corrected chi connectivity index (χ4v) is 2.64. The molecule has 3 N–H and O–H groups in total. The largest absolute Gasteiger partial charge is 0.495 e. The first-order chi connectivity index (χ1) is 10.9. The topological polar surface area (TPSA) is 105 Å². The molecule has 1 fully saturated rings. The van der Waals surface area contributed by atoms with Crippen LogP contribution in [0, 0.1) is 0 Å². The summed E-state index contributed by atoms with van der Waals surface area (Å²) in [5.41, 5.74) is 0.652. The monoisotopic (exact) mass is 340 g/mol. The summed E-state index contributed by atoms with van der Waals surface area (Å²) in [5, 5.41) is 14.6. The lowest BCUT2D eigenvalue weighted by atomic mass is 10.0. The molecule has 2 rings (SSSR count). The van der Waals surface area contributed by atoms with Gasteiger partial charge in [-0.3, -0.25) is 9.59 Å². The second kappa shape index (κ2) is 7.32. The van der Waals surface area contributed by atoms with Crippen molar-refractivity contribution in [2.45, 2.75) is 31.3 Å². The van der Waals surface area contributed by atoms with Crippen LogP contribution >= 0.6 is 11.6 Å². The normalized spacial score (nSPS) is 18.2. The highest BCUT2D eigenvalue weighted by atomic mass is 35.5. The number of hydrogen-bond acceptors (Lipinski definition) is 4. The van der Waals surface area contributed by atoms with E-state index in [1.807, 2.05) is 0 Å². The number of amides is 2. The number of rotatable bonds is 6. The van der Waals surface area contributed by atoms with Crippen molar-refractivity contribution in [3.05, 3.63) is 28.8 Å². The number of benzene rings is 1. The maximum absolute atomic E-state index is 12.0. The molecule has 0 unspecified atom stereocenters. The van der Waals surface area contributed by atoms with Crippen molar-refractivity contribution in [2.75, 3.05) is 7.11 Å². The summed E-state index contributed by atoms with van der Waals surface area (Å²) in [6, 6.07) is 3.13. The van der Waals surface area contributed by atoms with E-state index in [2.05, 4.69) is 10.6 Å². The number of halogens is 1. The van der Waals surface area contributed by atoms with Crippen LogP contribution in [0.25, 0.3) is 0 Å². The van der Waals surface area contributed by atoms with E-state index in [4.69, 9.17) is 16.3 Å².